The van der Waals surface area contributed by atoms with Crippen LogP contribution in [0.3, 0.4) is 0 Å². The van der Waals surface area contributed by atoms with Crippen molar-refractivity contribution < 1.29 is 18.7 Å². The first-order valence-corrected chi connectivity index (χ1v) is 10.4. The third-order valence-corrected chi connectivity index (χ3v) is 5.87. The van der Waals surface area contributed by atoms with Crippen LogP contribution in [0.2, 0.25) is 0 Å². The van der Waals surface area contributed by atoms with E-state index in [1.165, 1.54) is 24.8 Å². The van der Waals surface area contributed by atoms with Crippen LogP contribution < -0.4 is 10.1 Å². The summed E-state index contributed by atoms with van der Waals surface area (Å²) in [4.78, 5) is 28.9. The summed E-state index contributed by atoms with van der Waals surface area (Å²) >= 11 is 0. The minimum absolute atomic E-state index is 0.0686. The largest absolute Gasteiger partial charge is 0.453 e. The molecule has 9 heteroatoms. The lowest BCUT2D eigenvalue weighted by atomic mass is 9.81. The summed E-state index contributed by atoms with van der Waals surface area (Å²) in [5.74, 6) is 0.613. The molecule has 1 aromatic carbocycles. The number of rotatable bonds is 5. The maximum Gasteiger partial charge on any atom is 0.168 e. The van der Waals surface area contributed by atoms with Crippen molar-refractivity contribution in [3.63, 3.8) is 0 Å². The molecule has 164 valence electrons. The number of nitrogens with zero attached hydrogens (tertiary/aromatic N) is 4. The molecule has 2 aromatic heterocycles. The predicted molar refractivity (Wildman–Crippen MR) is 113 cm³/mol. The Labute approximate surface area is 184 Å². The van der Waals surface area contributed by atoms with Crippen molar-refractivity contribution in [2.24, 2.45) is 0 Å². The van der Waals surface area contributed by atoms with E-state index < -0.39 is 11.4 Å². The number of halogens is 1. The Morgan fingerprint density at radius 3 is 2.69 bits per heavy atom. The number of nitrogens with one attached hydrogen (secondary N) is 1. The molecule has 2 unspecified atom stereocenters. The fraction of sp³-hybridized carbons (Fsp3) is 0.348. The van der Waals surface area contributed by atoms with E-state index in [2.05, 4.69) is 25.3 Å². The van der Waals surface area contributed by atoms with Gasteiger partial charge in [0.2, 0.25) is 0 Å². The van der Waals surface area contributed by atoms with Gasteiger partial charge >= 0.3 is 0 Å². The molecule has 0 aliphatic carbocycles. The summed E-state index contributed by atoms with van der Waals surface area (Å²) in [7, 11) is 0. The summed E-state index contributed by atoms with van der Waals surface area (Å²) in [5.41, 5.74) is 1.99. The first kappa shape index (κ1) is 20.6. The number of hydrogen-bond donors (Lipinski definition) is 1. The van der Waals surface area contributed by atoms with Crippen LogP contribution in [-0.4, -0.2) is 44.5 Å². The van der Waals surface area contributed by atoms with Gasteiger partial charge in [0.1, 0.15) is 42.1 Å². The second-order valence-corrected chi connectivity index (χ2v) is 8.37. The number of carbonyl (C=O) groups excluding carboxylic acids is 1. The van der Waals surface area contributed by atoms with Crippen molar-refractivity contribution in [1.82, 2.24) is 25.3 Å². The van der Waals surface area contributed by atoms with Gasteiger partial charge in [0.05, 0.1) is 17.9 Å². The van der Waals surface area contributed by atoms with Crippen LogP contribution in [0, 0.1) is 5.82 Å². The zero-order chi connectivity index (χ0) is 22.3. The highest BCUT2D eigenvalue weighted by molar-refractivity contribution is 5.83. The van der Waals surface area contributed by atoms with Crippen LogP contribution in [0.25, 0.3) is 11.1 Å². The third kappa shape index (κ3) is 3.53. The van der Waals surface area contributed by atoms with Gasteiger partial charge in [-0.15, -0.1) is 0 Å². The number of aromatic nitrogens is 4. The van der Waals surface area contributed by atoms with Crippen molar-refractivity contribution in [2.45, 2.75) is 37.8 Å². The zero-order valence-corrected chi connectivity index (χ0v) is 17.7. The van der Waals surface area contributed by atoms with E-state index in [1.807, 2.05) is 13.8 Å². The van der Waals surface area contributed by atoms with Crippen molar-refractivity contribution in [3.8, 4) is 22.6 Å². The first-order chi connectivity index (χ1) is 15.5. The highest BCUT2D eigenvalue weighted by Gasteiger charge is 2.55. The highest BCUT2D eigenvalue weighted by atomic mass is 19.1. The van der Waals surface area contributed by atoms with Gasteiger partial charge in [-0.25, -0.2) is 24.3 Å². The Balaban J connectivity index is 1.54. The van der Waals surface area contributed by atoms with Crippen molar-refractivity contribution in [2.75, 3.05) is 13.2 Å². The normalized spacial score (nSPS) is 22.4. The summed E-state index contributed by atoms with van der Waals surface area (Å²) in [6, 6.07) is 4.01. The molecule has 2 saturated heterocycles. The standard InChI is InChI=1S/C23H22FN5O3/c1-13(2)20-17(7-25-11-28-20)16-5-14(24)3-4-18(16)32-19-8-26-12-29-21(19)22-23(10-27-22)6-15(30)9-31-23/h3-5,7-8,11-13,22,27H,6,9-10H2,1-2H3. The molecule has 2 atom stereocenters. The van der Waals surface area contributed by atoms with E-state index in [9.17, 15) is 9.18 Å². The lowest BCUT2D eigenvalue weighted by molar-refractivity contribution is -0.118. The van der Waals surface area contributed by atoms with Gasteiger partial charge in [-0.05, 0) is 24.1 Å². The smallest absolute Gasteiger partial charge is 0.168 e. The zero-order valence-electron chi connectivity index (χ0n) is 17.7. The number of carbonyl (C=O) groups is 1. The minimum atomic E-state index is -0.618. The Bertz CT molecular complexity index is 1190. The maximum absolute atomic E-state index is 14.2. The van der Waals surface area contributed by atoms with Gasteiger partial charge in [0.15, 0.2) is 11.5 Å². The average molecular weight is 435 g/mol. The molecule has 2 aliphatic rings. The highest BCUT2D eigenvalue weighted by Crippen LogP contribution is 2.45. The Hall–Kier alpha value is -3.30. The van der Waals surface area contributed by atoms with Crippen molar-refractivity contribution in [3.05, 3.63) is 60.5 Å². The molecule has 3 aromatic rings. The minimum Gasteiger partial charge on any atom is -0.453 e. The van der Waals surface area contributed by atoms with Gasteiger partial charge in [0, 0.05) is 30.3 Å². The third-order valence-electron chi connectivity index (χ3n) is 5.87. The Morgan fingerprint density at radius 1 is 1.16 bits per heavy atom. The summed E-state index contributed by atoms with van der Waals surface area (Å²) in [6.45, 7) is 4.69. The Kier molecular flexibility index (Phi) is 5.15. The molecule has 1 N–H and O–H groups in total. The molecule has 0 amide bonds. The Morgan fingerprint density at radius 2 is 1.97 bits per heavy atom. The molecule has 1 spiro atoms. The van der Waals surface area contributed by atoms with Gasteiger partial charge in [-0.3, -0.25) is 4.79 Å². The number of ether oxygens (including phenoxy) is 2. The van der Waals surface area contributed by atoms with Crippen molar-refractivity contribution >= 4 is 5.78 Å². The molecular weight excluding hydrogens is 413 g/mol. The van der Waals surface area contributed by atoms with E-state index in [0.717, 1.165) is 5.69 Å². The van der Waals surface area contributed by atoms with Crippen molar-refractivity contribution in [1.29, 1.82) is 0 Å². The molecule has 0 saturated carbocycles. The molecule has 0 bridgehead atoms. The molecule has 2 aliphatic heterocycles. The van der Waals surface area contributed by atoms with Crippen LogP contribution in [-0.2, 0) is 9.53 Å². The lowest BCUT2D eigenvalue weighted by Gasteiger charge is -2.46. The van der Waals surface area contributed by atoms with E-state index in [0.29, 0.717) is 41.3 Å². The summed E-state index contributed by atoms with van der Waals surface area (Å²) < 4.78 is 26.3. The van der Waals surface area contributed by atoms with E-state index in [-0.39, 0.29) is 24.3 Å². The van der Waals surface area contributed by atoms with E-state index >= 15 is 0 Å². The van der Waals surface area contributed by atoms with Crippen LogP contribution in [0.5, 0.6) is 11.5 Å². The summed E-state index contributed by atoms with van der Waals surface area (Å²) in [6.07, 6.45) is 6.46. The number of benzene rings is 1. The molecule has 0 radical (unpaired) electrons. The van der Waals surface area contributed by atoms with Crippen LogP contribution in [0.15, 0.2) is 43.2 Å². The molecule has 4 heterocycles. The first-order valence-electron chi connectivity index (χ1n) is 10.4. The predicted octanol–water partition coefficient (Wildman–Crippen LogP) is 3.36. The SMILES string of the molecule is CC(C)c1ncncc1-c1cc(F)ccc1Oc1cncnc1C1NCC12CC(=O)CO2. The quantitative estimate of drug-likeness (QED) is 0.651. The fourth-order valence-electron chi connectivity index (χ4n) is 4.29. The van der Waals surface area contributed by atoms with E-state index in [4.69, 9.17) is 9.47 Å². The monoisotopic (exact) mass is 435 g/mol. The average Bonchev–Trinajstić information content (AvgIpc) is 3.19. The van der Waals surface area contributed by atoms with Crippen LogP contribution in [0.4, 0.5) is 4.39 Å². The van der Waals surface area contributed by atoms with Crippen LogP contribution >= 0.6 is 0 Å². The second-order valence-electron chi connectivity index (χ2n) is 8.37. The number of Topliss-reactive ketones (excluding diaryl/α,β-unsaturated/α-hetero) is 1. The van der Waals surface area contributed by atoms with Gasteiger partial charge < -0.3 is 14.8 Å². The lowest BCUT2D eigenvalue weighted by Crippen LogP contribution is -2.61. The molecule has 32 heavy (non-hydrogen) atoms. The van der Waals surface area contributed by atoms with Gasteiger partial charge in [-0.2, -0.15) is 0 Å². The molecule has 8 nitrogen and oxygen atoms in total. The number of hydrogen-bond acceptors (Lipinski definition) is 8. The van der Waals surface area contributed by atoms with Crippen LogP contribution in [0.1, 0.15) is 43.6 Å². The molecule has 2 fully saturated rings. The maximum atomic E-state index is 14.2. The fourth-order valence-corrected chi connectivity index (χ4v) is 4.29. The van der Waals surface area contributed by atoms with Gasteiger partial charge in [0.25, 0.3) is 0 Å². The summed E-state index contributed by atoms with van der Waals surface area (Å²) in [5, 5.41) is 3.29. The topological polar surface area (TPSA) is 99.1 Å². The molecular formula is C23H22FN5O3. The number of ketones is 1. The van der Waals surface area contributed by atoms with E-state index in [1.54, 1.807) is 18.5 Å². The molecule has 5 rings (SSSR count). The second kappa shape index (κ2) is 7.99. The van der Waals surface area contributed by atoms with Gasteiger partial charge in [-0.1, -0.05) is 13.8 Å².